The van der Waals surface area contributed by atoms with E-state index >= 15 is 4.39 Å². The highest BCUT2D eigenvalue weighted by Crippen LogP contribution is 2.37. The molecule has 2 unspecified atom stereocenters. The van der Waals surface area contributed by atoms with E-state index in [2.05, 4.69) is 25.9 Å². The quantitative estimate of drug-likeness (QED) is 0.538. The zero-order valence-corrected chi connectivity index (χ0v) is 20.7. The number of carbonyl (C=O) groups is 3. The van der Waals surface area contributed by atoms with Gasteiger partial charge >= 0.3 is 0 Å². The molecule has 0 spiro atoms. The summed E-state index contributed by atoms with van der Waals surface area (Å²) < 4.78 is 29.9. The molecular formula is C25H30F2N6O3. The second-order valence-electron chi connectivity index (χ2n) is 9.62. The summed E-state index contributed by atoms with van der Waals surface area (Å²) in [7, 11) is 1.65. The van der Waals surface area contributed by atoms with Crippen LogP contribution >= 0.6 is 0 Å². The van der Waals surface area contributed by atoms with Gasteiger partial charge in [-0.25, -0.2) is 18.7 Å². The van der Waals surface area contributed by atoms with Gasteiger partial charge in [-0.05, 0) is 58.6 Å². The molecule has 3 atom stereocenters. The van der Waals surface area contributed by atoms with Crippen molar-refractivity contribution in [3.05, 3.63) is 52.9 Å². The minimum Gasteiger partial charge on any atom is -0.357 e. The van der Waals surface area contributed by atoms with Gasteiger partial charge in [-0.3, -0.25) is 14.4 Å². The van der Waals surface area contributed by atoms with Crippen LogP contribution in [-0.2, 0) is 4.79 Å². The van der Waals surface area contributed by atoms with E-state index in [4.69, 9.17) is 0 Å². The highest BCUT2D eigenvalue weighted by atomic mass is 19.1. The van der Waals surface area contributed by atoms with Gasteiger partial charge in [0.2, 0.25) is 11.9 Å². The summed E-state index contributed by atoms with van der Waals surface area (Å²) in [6, 6.07) is 0.860. The van der Waals surface area contributed by atoms with Crippen molar-refractivity contribution >= 4 is 23.7 Å². The fourth-order valence-electron chi connectivity index (χ4n) is 4.60. The number of rotatable bonds is 7. The van der Waals surface area contributed by atoms with Crippen molar-refractivity contribution in [2.24, 2.45) is 0 Å². The van der Waals surface area contributed by atoms with Crippen LogP contribution in [0.25, 0.3) is 0 Å². The summed E-state index contributed by atoms with van der Waals surface area (Å²) in [6.07, 6.45) is 5.12. The third kappa shape index (κ3) is 4.87. The molecule has 11 heteroatoms. The number of nitrogens with zero attached hydrogens (tertiary/aromatic N) is 3. The largest absolute Gasteiger partial charge is 0.357 e. The molecule has 3 N–H and O–H groups in total. The van der Waals surface area contributed by atoms with Crippen LogP contribution < -0.4 is 16.0 Å². The lowest BCUT2D eigenvalue weighted by atomic mass is 10.0. The lowest BCUT2D eigenvalue weighted by Crippen LogP contribution is -2.49. The van der Waals surface area contributed by atoms with Crippen LogP contribution in [0.1, 0.15) is 78.8 Å². The molecule has 1 saturated heterocycles. The fourth-order valence-corrected chi connectivity index (χ4v) is 4.60. The van der Waals surface area contributed by atoms with E-state index < -0.39 is 40.9 Å². The molecule has 0 bridgehead atoms. The number of benzene rings is 1. The highest BCUT2D eigenvalue weighted by Gasteiger charge is 2.51. The predicted octanol–water partition coefficient (Wildman–Crippen LogP) is 2.95. The minimum atomic E-state index is -1.14. The molecule has 2 heterocycles. The van der Waals surface area contributed by atoms with E-state index in [-0.39, 0.29) is 28.8 Å². The van der Waals surface area contributed by atoms with Gasteiger partial charge in [-0.2, -0.15) is 0 Å². The summed E-state index contributed by atoms with van der Waals surface area (Å²) in [5, 5.41) is 8.11. The second-order valence-corrected chi connectivity index (χ2v) is 9.62. The van der Waals surface area contributed by atoms with E-state index in [9.17, 15) is 18.8 Å². The van der Waals surface area contributed by atoms with Crippen molar-refractivity contribution in [2.75, 3.05) is 12.4 Å². The number of hydrogen-bond acceptors (Lipinski definition) is 6. The number of likely N-dealkylation sites (tertiary alicyclic amines) is 1. The van der Waals surface area contributed by atoms with Crippen molar-refractivity contribution in [2.45, 2.75) is 70.1 Å². The summed E-state index contributed by atoms with van der Waals surface area (Å²) in [4.78, 5) is 48.0. The van der Waals surface area contributed by atoms with Gasteiger partial charge in [0.05, 0.1) is 17.2 Å². The van der Waals surface area contributed by atoms with Crippen molar-refractivity contribution in [1.82, 2.24) is 25.5 Å². The molecule has 1 aromatic carbocycles. The Bertz CT molecular complexity index is 1180. The maximum Gasteiger partial charge on any atom is 0.257 e. The Labute approximate surface area is 208 Å². The molecule has 4 rings (SSSR count). The first kappa shape index (κ1) is 25.5. The standard InChI is InChI=1S/C25H30F2N6O3/c1-13-5-6-14(2)33(13)22(35)18-10-19(26)17(9-20(18)27)15(3)31-23(36)25(7-8-25)32-21(34)16-11-29-24(28-4)30-12-16/h9-15H,5-8H2,1-4H3,(H,31,36)(H,32,34)(H,28,29,30)/t13?,14?,15-/m1/s1. The number of aromatic nitrogens is 2. The zero-order valence-electron chi connectivity index (χ0n) is 20.7. The minimum absolute atomic E-state index is 0.0504. The zero-order chi connectivity index (χ0) is 26.2. The molecule has 1 aliphatic heterocycles. The molecule has 36 heavy (non-hydrogen) atoms. The van der Waals surface area contributed by atoms with E-state index in [1.807, 2.05) is 13.8 Å². The summed E-state index contributed by atoms with van der Waals surface area (Å²) in [6.45, 7) is 5.29. The number of hydrogen-bond donors (Lipinski definition) is 3. The Morgan fingerprint density at radius 2 is 1.67 bits per heavy atom. The number of anilines is 1. The maximum absolute atomic E-state index is 15.0. The normalized spacial score (nSPS) is 21.0. The maximum atomic E-state index is 15.0. The van der Waals surface area contributed by atoms with E-state index in [1.165, 1.54) is 19.3 Å². The van der Waals surface area contributed by atoms with Crippen LogP contribution in [0.5, 0.6) is 0 Å². The molecule has 1 saturated carbocycles. The predicted molar refractivity (Wildman–Crippen MR) is 128 cm³/mol. The third-order valence-electron chi connectivity index (χ3n) is 6.99. The van der Waals surface area contributed by atoms with Gasteiger partial charge in [-0.1, -0.05) is 0 Å². The second kappa shape index (κ2) is 9.79. The Morgan fingerprint density at radius 3 is 2.22 bits per heavy atom. The van der Waals surface area contributed by atoms with Gasteiger partial charge in [0.15, 0.2) is 0 Å². The first-order valence-electron chi connectivity index (χ1n) is 12.0. The third-order valence-corrected chi connectivity index (χ3v) is 6.99. The average molecular weight is 501 g/mol. The van der Waals surface area contributed by atoms with Gasteiger partial charge in [-0.15, -0.1) is 0 Å². The fraction of sp³-hybridized carbons (Fsp3) is 0.480. The number of amides is 3. The Hall–Kier alpha value is -3.63. The van der Waals surface area contributed by atoms with Gasteiger partial charge in [0.1, 0.15) is 17.2 Å². The molecule has 1 aliphatic carbocycles. The van der Waals surface area contributed by atoms with Crippen LogP contribution in [0, 0.1) is 11.6 Å². The monoisotopic (exact) mass is 500 g/mol. The molecular weight excluding hydrogens is 470 g/mol. The van der Waals surface area contributed by atoms with Crippen LogP contribution in [0.15, 0.2) is 24.5 Å². The highest BCUT2D eigenvalue weighted by molar-refractivity contribution is 6.00. The molecule has 192 valence electrons. The van der Waals surface area contributed by atoms with E-state index in [0.29, 0.717) is 18.8 Å². The first-order chi connectivity index (χ1) is 17.1. The SMILES string of the molecule is CNc1ncc(C(=O)NC2(C(=O)N[C@H](C)c3cc(F)c(C(=O)N4C(C)CCC4C)cc3F)CC2)cn1. The Morgan fingerprint density at radius 1 is 1.06 bits per heavy atom. The van der Waals surface area contributed by atoms with Crippen molar-refractivity contribution < 1.29 is 23.2 Å². The van der Waals surface area contributed by atoms with Crippen LogP contribution in [0.2, 0.25) is 0 Å². The molecule has 2 fully saturated rings. The summed E-state index contributed by atoms with van der Waals surface area (Å²) in [5.41, 5.74) is -1.36. The van der Waals surface area contributed by atoms with Crippen molar-refractivity contribution in [3.8, 4) is 0 Å². The topological polar surface area (TPSA) is 116 Å². The molecule has 9 nitrogen and oxygen atoms in total. The molecule has 0 radical (unpaired) electrons. The number of nitrogens with one attached hydrogen (secondary N) is 3. The van der Waals surface area contributed by atoms with Gasteiger partial charge in [0, 0.05) is 37.1 Å². The van der Waals surface area contributed by atoms with Crippen LogP contribution in [0.4, 0.5) is 14.7 Å². The van der Waals surface area contributed by atoms with Crippen LogP contribution in [0.3, 0.4) is 0 Å². The number of carbonyl (C=O) groups excluding carboxylic acids is 3. The van der Waals surface area contributed by atoms with Gasteiger partial charge in [0.25, 0.3) is 11.8 Å². The van der Waals surface area contributed by atoms with Crippen LogP contribution in [-0.4, -0.2) is 57.3 Å². The molecule has 2 aliphatic rings. The first-order valence-corrected chi connectivity index (χ1v) is 12.0. The number of halogens is 2. The summed E-state index contributed by atoms with van der Waals surface area (Å²) >= 11 is 0. The Balaban J connectivity index is 1.44. The smallest absolute Gasteiger partial charge is 0.257 e. The Kier molecular flexibility index (Phi) is 6.92. The van der Waals surface area contributed by atoms with E-state index in [0.717, 1.165) is 25.0 Å². The van der Waals surface area contributed by atoms with Crippen molar-refractivity contribution in [1.29, 1.82) is 0 Å². The lowest BCUT2D eigenvalue weighted by Gasteiger charge is -2.27. The summed E-state index contributed by atoms with van der Waals surface area (Å²) in [5.74, 6) is -2.84. The lowest BCUT2D eigenvalue weighted by molar-refractivity contribution is -0.124. The van der Waals surface area contributed by atoms with E-state index in [1.54, 1.807) is 11.9 Å². The van der Waals surface area contributed by atoms with Crippen molar-refractivity contribution in [3.63, 3.8) is 0 Å². The molecule has 2 aromatic rings. The average Bonchev–Trinajstić information content (AvgIpc) is 3.56. The molecule has 1 aromatic heterocycles. The van der Waals surface area contributed by atoms with Gasteiger partial charge < -0.3 is 20.9 Å². The molecule has 3 amide bonds.